The van der Waals surface area contributed by atoms with Crippen LogP contribution in [0, 0.1) is 0 Å². The average Bonchev–Trinajstić information content (AvgIpc) is 2.55. The molecule has 6 rings (SSSR count). The molecule has 0 fully saturated rings. The molecule has 3 aromatic carbocycles. The second kappa shape index (κ2) is 3.92. The van der Waals surface area contributed by atoms with Crippen molar-refractivity contribution in [3.8, 4) is 0 Å². The lowest BCUT2D eigenvalue weighted by Gasteiger charge is -2.42. The van der Waals surface area contributed by atoms with Gasteiger partial charge in [-0.1, -0.05) is 48.5 Å². The predicted molar refractivity (Wildman–Crippen MR) is 90.0 cm³/mol. The van der Waals surface area contributed by atoms with E-state index in [0.717, 1.165) is 0 Å². The van der Waals surface area contributed by atoms with E-state index in [-0.39, 0.29) is 11.8 Å². The van der Waals surface area contributed by atoms with Gasteiger partial charge in [0.15, 0.2) is 0 Å². The van der Waals surface area contributed by atoms with Crippen molar-refractivity contribution in [1.82, 2.24) is 0 Å². The zero-order valence-electron chi connectivity index (χ0n) is 12.1. The van der Waals surface area contributed by atoms with Crippen LogP contribution in [-0.2, 0) is 0 Å². The number of rotatable bonds is 0. The van der Waals surface area contributed by atoms with Crippen molar-refractivity contribution >= 4 is 11.4 Å². The summed E-state index contributed by atoms with van der Waals surface area (Å²) >= 11 is 0. The minimum atomic E-state index is 0.273. The number of benzene rings is 3. The van der Waals surface area contributed by atoms with Crippen LogP contribution in [0.5, 0.6) is 0 Å². The van der Waals surface area contributed by atoms with Crippen LogP contribution < -0.4 is 11.5 Å². The number of nitrogen functional groups attached to an aromatic ring is 2. The summed E-state index contributed by atoms with van der Waals surface area (Å²) in [4.78, 5) is 0. The molecule has 2 bridgehead atoms. The largest absolute Gasteiger partial charge is 0.397 e. The lowest BCUT2D eigenvalue weighted by atomic mass is 9.61. The van der Waals surface area contributed by atoms with Crippen molar-refractivity contribution in [2.75, 3.05) is 11.5 Å². The Morgan fingerprint density at radius 3 is 1.14 bits per heavy atom. The van der Waals surface area contributed by atoms with Gasteiger partial charge in [0.2, 0.25) is 0 Å². The van der Waals surface area contributed by atoms with Crippen LogP contribution in [-0.4, -0.2) is 0 Å². The number of hydrogen-bond acceptors (Lipinski definition) is 2. The predicted octanol–water partition coefficient (Wildman–Crippen LogP) is 3.84. The normalized spacial score (nSPS) is 20.2. The van der Waals surface area contributed by atoms with Crippen LogP contribution in [0.4, 0.5) is 11.4 Å². The third-order valence-electron chi connectivity index (χ3n) is 5.15. The Bertz CT molecular complexity index is 804. The van der Waals surface area contributed by atoms with Gasteiger partial charge in [-0.05, 0) is 45.5 Å². The summed E-state index contributed by atoms with van der Waals surface area (Å²) < 4.78 is 0. The number of hydrogen-bond donors (Lipinski definition) is 2. The van der Waals surface area contributed by atoms with E-state index >= 15 is 0 Å². The first-order chi connectivity index (χ1) is 10.8. The molecular formula is C20H16N2. The molecule has 0 saturated heterocycles. The van der Waals surface area contributed by atoms with Crippen LogP contribution >= 0.6 is 0 Å². The Hall–Kier alpha value is -2.74. The molecule has 106 valence electrons. The highest BCUT2D eigenvalue weighted by Crippen LogP contribution is 2.56. The first-order valence-corrected chi connectivity index (χ1v) is 7.62. The lowest BCUT2D eigenvalue weighted by molar-refractivity contribution is 0.755. The van der Waals surface area contributed by atoms with Crippen LogP contribution in [0.1, 0.15) is 45.2 Å². The molecule has 0 aliphatic heterocycles. The van der Waals surface area contributed by atoms with Gasteiger partial charge in [-0.25, -0.2) is 0 Å². The number of nitrogens with two attached hydrogens (primary N) is 2. The minimum absolute atomic E-state index is 0.273. The van der Waals surface area contributed by atoms with Gasteiger partial charge in [0.05, 0.1) is 11.4 Å². The smallest absolute Gasteiger partial charge is 0.0551 e. The first kappa shape index (κ1) is 11.9. The van der Waals surface area contributed by atoms with E-state index in [9.17, 15) is 0 Å². The average molecular weight is 284 g/mol. The van der Waals surface area contributed by atoms with Crippen LogP contribution in [0.3, 0.4) is 0 Å². The molecule has 3 aliphatic carbocycles. The highest BCUT2D eigenvalue weighted by molar-refractivity contribution is 5.75. The van der Waals surface area contributed by atoms with Crippen LogP contribution in [0.25, 0.3) is 0 Å². The van der Waals surface area contributed by atoms with E-state index in [2.05, 4.69) is 60.7 Å². The maximum absolute atomic E-state index is 6.09. The molecule has 0 radical (unpaired) electrons. The van der Waals surface area contributed by atoms with Crippen LogP contribution in [0.2, 0.25) is 0 Å². The molecule has 0 saturated carbocycles. The van der Waals surface area contributed by atoms with Gasteiger partial charge in [0.1, 0.15) is 0 Å². The fourth-order valence-electron chi connectivity index (χ4n) is 4.25. The minimum Gasteiger partial charge on any atom is -0.397 e. The summed E-state index contributed by atoms with van der Waals surface area (Å²) in [7, 11) is 0. The molecule has 0 spiro atoms. The summed E-state index contributed by atoms with van der Waals surface area (Å²) in [5.74, 6) is 0.547. The van der Waals surface area contributed by atoms with Gasteiger partial charge in [-0.3, -0.25) is 0 Å². The van der Waals surface area contributed by atoms with Gasteiger partial charge < -0.3 is 11.5 Å². The Labute approximate surface area is 129 Å². The molecular weight excluding hydrogens is 268 g/mol. The molecule has 0 aromatic heterocycles. The van der Waals surface area contributed by atoms with Crippen molar-refractivity contribution in [1.29, 1.82) is 0 Å². The monoisotopic (exact) mass is 284 g/mol. The zero-order chi connectivity index (χ0) is 14.8. The van der Waals surface area contributed by atoms with Gasteiger partial charge in [-0.15, -0.1) is 0 Å². The van der Waals surface area contributed by atoms with Crippen molar-refractivity contribution in [2.24, 2.45) is 0 Å². The van der Waals surface area contributed by atoms with E-state index in [1.165, 1.54) is 33.4 Å². The molecule has 22 heavy (non-hydrogen) atoms. The molecule has 0 unspecified atom stereocenters. The fourth-order valence-corrected chi connectivity index (χ4v) is 4.25. The van der Waals surface area contributed by atoms with E-state index in [0.29, 0.717) is 11.4 Å². The molecule has 3 aliphatic rings. The standard InChI is InChI=1S/C20H16N2/c21-17-9-15-16(10-18(17)22)20-12-6-2-1-5-11(12)19(15)13-7-3-4-8-14(13)20/h1-10,19-20H,21-22H2. The number of anilines is 2. The Morgan fingerprint density at radius 1 is 0.500 bits per heavy atom. The molecule has 2 nitrogen and oxygen atoms in total. The van der Waals surface area contributed by atoms with E-state index in [1.54, 1.807) is 0 Å². The third kappa shape index (κ3) is 1.30. The van der Waals surface area contributed by atoms with E-state index in [1.807, 2.05) is 0 Å². The zero-order valence-corrected chi connectivity index (χ0v) is 12.1. The molecule has 0 amide bonds. The summed E-state index contributed by atoms with van der Waals surface area (Å²) in [6.07, 6.45) is 0. The van der Waals surface area contributed by atoms with Crippen molar-refractivity contribution in [3.63, 3.8) is 0 Å². The second-order valence-electron chi connectivity index (χ2n) is 6.23. The lowest BCUT2D eigenvalue weighted by Crippen LogP contribution is -2.27. The third-order valence-corrected chi connectivity index (χ3v) is 5.15. The van der Waals surface area contributed by atoms with Gasteiger partial charge in [0, 0.05) is 11.8 Å². The van der Waals surface area contributed by atoms with Crippen molar-refractivity contribution in [3.05, 3.63) is 94.0 Å². The molecule has 0 atom stereocenters. The van der Waals surface area contributed by atoms with Gasteiger partial charge in [0.25, 0.3) is 0 Å². The molecule has 4 N–H and O–H groups in total. The second-order valence-corrected chi connectivity index (χ2v) is 6.23. The molecule has 2 heteroatoms. The quantitative estimate of drug-likeness (QED) is 0.424. The SMILES string of the molecule is Nc1cc2c(cc1N)C1c3ccccc3C2c2ccccc21. The van der Waals surface area contributed by atoms with Crippen molar-refractivity contribution in [2.45, 2.75) is 11.8 Å². The maximum Gasteiger partial charge on any atom is 0.0551 e. The first-order valence-electron chi connectivity index (χ1n) is 7.62. The summed E-state index contributed by atoms with van der Waals surface area (Å²) in [5.41, 5.74) is 21.8. The Kier molecular flexibility index (Phi) is 2.11. The molecule has 0 heterocycles. The fraction of sp³-hybridized carbons (Fsp3) is 0.100. The topological polar surface area (TPSA) is 52.0 Å². The molecule has 3 aromatic rings. The Balaban J connectivity index is 1.91. The maximum atomic E-state index is 6.09. The highest BCUT2D eigenvalue weighted by atomic mass is 14.7. The van der Waals surface area contributed by atoms with Gasteiger partial charge >= 0.3 is 0 Å². The van der Waals surface area contributed by atoms with Crippen LogP contribution in [0.15, 0.2) is 60.7 Å². The van der Waals surface area contributed by atoms with E-state index < -0.39 is 0 Å². The van der Waals surface area contributed by atoms with E-state index in [4.69, 9.17) is 11.5 Å². The highest BCUT2D eigenvalue weighted by Gasteiger charge is 2.41. The summed E-state index contributed by atoms with van der Waals surface area (Å²) in [6.45, 7) is 0. The Morgan fingerprint density at radius 2 is 0.818 bits per heavy atom. The van der Waals surface area contributed by atoms with Crippen molar-refractivity contribution < 1.29 is 0 Å². The van der Waals surface area contributed by atoms with Gasteiger partial charge in [-0.2, -0.15) is 0 Å². The summed E-state index contributed by atoms with van der Waals surface area (Å²) in [6, 6.07) is 21.7. The summed E-state index contributed by atoms with van der Waals surface area (Å²) in [5, 5.41) is 0.